The molecule has 6 rings (SSSR count). The van der Waals surface area contributed by atoms with Crippen molar-refractivity contribution in [2.45, 2.75) is 64.3 Å². The highest BCUT2D eigenvalue weighted by Gasteiger charge is 2.56. The van der Waals surface area contributed by atoms with Crippen LogP contribution in [0.15, 0.2) is 24.3 Å². The predicted octanol–water partition coefficient (Wildman–Crippen LogP) is 4.87. The summed E-state index contributed by atoms with van der Waals surface area (Å²) < 4.78 is 0. The van der Waals surface area contributed by atoms with Crippen LogP contribution in [0.25, 0.3) is 0 Å². The third-order valence-electron chi connectivity index (χ3n) is 7.43. The van der Waals surface area contributed by atoms with E-state index < -0.39 is 0 Å². The number of likely N-dealkylation sites (tertiary alicyclic amines) is 1. The van der Waals surface area contributed by atoms with Gasteiger partial charge in [0.1, 0.15) is 0 Å². The number of amides is 1. The molecule has 2 nitrogen and oxygen atoms in total. The van der Waals surface area contributed by atoms with Gasteiger partial charge in [-0.05, 0) is 81.6 Å². The topological polar surface area (TPSA) is 20.3 Å². The molecule has 1 amide bonds. The number of carbonyl (C=O) groups is 1. The number of aryl methyl sites for hydroxylation is 1. The molecule has 0 unspecified atom stereocenters. The molecule has 4 saturated carbocycles. The largest absolute Gasteiger partial charge is 0.335 e. The highest BCUT2D eigenvalue weighted by Crippen LogP contribution is 2.61. The molecule has 0 spiro atoms. The second-order valence-electron chi connectivity index (χ2n) is 9.27. The molecule has 1 aromatic rings. The van der Waals surface area contributed by atoms with Crippen molar-refractivity contribution in [3.8, 4) is 0 Å². The number of rotatable bonds is 2. The minimum Gasteiger partial charge on any atom is -0.335 e. The predicted molar refractivity (Wildman–Crippen MR) is 95.5 cm³/mol. The summed E-state index contributed by atoms with van der Waals surface area (Å²) in [6, 6.07) is 9.14. The molecular weight excluding hydrogens is 294 g/mol. The lowest BCUT2D eigenvalue weighted by Gasteiger charge is -2.56. The smallest absolute Gasteiger partial charge is 0.229 e. The fraction of sp³-hybridized carbons (Fsp3) is 0.682. The second kappa shape index (κ2) is 5.34. The maximum Gasteiger partial charge on any atom is 0.229 e. The van der Waals surface area contributed by atoms with Crippen molar-refractivity contribution in [2.75, 3.05) is 6.54 Å². The van der Waals surface area contributed by atoms with Crippen molar-refractivity contribution in [2.24, 2.45) is 23.2 Å². The number of nitrogens with zero attached hydrogens (tertiary/aromatic N) is 1. The van der Waals surface area contributed by atoms with Crippen LogP contribution in [0, 0.1) is 30.1 Å². The van der Waals surface area contributed by atoms with Gasteiger partial charge in [-0.2, -0.15) is 0 Å². The minimum atomic E-state index is 0.0150. The monoisotopic (exact) mass is 323 g/mol. The van der Waals surface area contributed by atoms with Gasteiger partial charge in [-0.3, -0.25) is 4.79 Å². The summed E-state index contributed by atoms with van der Waals surface area (Å²) >= 11 is 0. The Morgan fingerprint density at radius 1 is 1.08 bits per heavy atom. The van der Waals surface area contributed by atoms with E-state index >= 15 is 0 Å². The average Bonchev–Trinajstić information content (AvgIpc) is 3.02. The van der Waals surface area contributed by atoms with Crippen molar-refractivity contribution < 1.29 is 4.79 Å². The molecule has 4 aliphatic carbocycles. The Labute approximate surface area is 145 Å². The molecule has 1 aliphatic heterocycles. The van der Waals surface area contributed by atoms with Gasteiger partial charge in [0.2, 0.25) is 5.91 Å². The Bertz CT molecular complexity index is 628. The van der Waals surface area contributed by atoms with Crippen LogP contribution in [0.5, 0.6) is 0 Å². The van der Waals surface area contributed by atoms with Crippen LogP contribution < -0.4 is 0 Å². The van der Waals surface area contributed by atoms with E-state index in [9.17, 15) is 4.79 Å². The van der Waals surface area contributed by atoms with Gasteiger partial charge >= 0.3 is 0 Å². The Morgan fingerprint density at radius 2 is 1.75 bits per heavy atom. The molecule has 0 N–H and O–H groups in total. The van der Waals surface area contributed by atoms with E-state index in [1.54, 1.807) is 0 Å². The third-order valence-corrected chi connectivity index (χ3v) is 7.43. The summed E-state index contributed by atoms with van der Waals surface area (Å²) in [7, 11) is 0. The Balaban J connectivity index is 1.44. The quantitative estimate of drug-likeness (QED) is 0.760. The first-order chi connectivity index (χ1) is 11.6. The van der Waals surface area contributed by atoms with Crippen molar-refractivity contribution in [1.82, 2.24) is 4.90 Å². The lowest BCUT2D eigenvalue weighted by Crippen LogP contribution is -2.54. The zero-order chi connectivity index (χ0) is 16.3. The van der Waals surface area contributed by atoms with Gasteiger partial charge < -0.3 is 4.90 Å². The lowest BCUT2D eigenvalue weighted by molar-refractivity contribution is -0.158. The van der Waals surface area contributed by atoms with Crippen molar-refractivity contribution >= 4 is 5.91 Å². The fourth-order valence-corrected chi connectivity index (χ4v) is 6.91. The molecule has 1 heterocycles. The van der Waals surface area contributed by atoms with Gasteiger partial charge in [0.05, 0.1) is 11.5 Å². The Hall–Kier alpha value is -1.31. The normalized spacial score (nSPS) is 40.3. The summed E-state index contributed by atoms with van der Waals surface area (Å²) in [5.41, 5.74) is 2.67. The van der Waals surface area contributed by atoms with Crippen molar-refractivity contribution in [1.29, 1.82) is 0 Å². The van der Waals surface area contributed by atoms with Crippen LogP contribution in [0.3, 0.4) is 0 Å². The van der Waals surface area contributed by atoms with Gasteiger partial charge in [0, 0.05) is 6.54 Å². The van der Waals surface area contributed by atoms with E-state index in [2.05, 4.69) is 36.1 Å². The summed E-state index contributed by atoms with van der Waals surface area (Å²) in [6.45, 7) is 3.13. The number of benzene rings is 1. The highest BCUT2D eigenvalue weighted by atomic mass is 16.2. The standard InChI is InChI=1S/C22H29NO/c1-15-4-2-5-19(8-15)20-6-3-7-23(20)21(24)22-12-16-9-17(13-22)11-18(10-16)14-22/h2,4-5,8,16-18,20H,3,6-7,9-14H2,1H3/t16?,17?,18?,20-,22?/m0/s1. The molecule has 24 heavy (non-hydrogen) atoms. The van der Waals surface area contributed by atoms with Crippen LogP contribution in [0.1, 0.15) is 68.5 Å². The van der Waals surface area contributed by atoms with Crippen molar-refractivity contribution in [3.63, 3.8) is 0 Å². The van der Waals surface area contributed by atoms with Crippen LogP contribution >= 0.6 is 0 Å². The first-order valence-corrected chi connectivity index (χ1v) is 10.0. The molecule has 5 aliphatic rings. The van der Waals surface area contributed by atoms with Gasteiger partial charge in [0.15, 0.2) is 0 Å². The Morgan fingerprint density at radius 3 is 2.38 bits per heavy atom. The van der Waals surface area contributed by atoms with E-state index in [-0.39, 0.29) is 5.41 Å². The molecule has 0 radical (unpaired) electrons. The van der Waals surface area contributed by atoms with Gasteiger partial charge in [-0.1, -0.05) is 29.8 Å². The first-order valence-electron chi connectivity index (χ1n) is 10.0. The zero-order valence-electron chi connectivity index (χ0n) is 14.8. The fourth-order valence-electron chi connectivity index (χ4n) is 6.91. The summed E-state index contributed by atoms with van der Waals surface area (Å²) in [5.74, 6) is 3.06. The molecule has 1 atom stereocenters. The lowest BCUT2D eigenvalue weighted by atomic mass is 9.49. The maximum absolute atomic E-state index is 13.7. The van der Waals surface area contributed by atoms with Gasteiger partial charge in [-0.25, -0.2) is 0 Å². The van der Waals surface area contributed by atoms with Crippen LogP contribution in [-0.2, 0) is 4.79 Å². The zero-order valence-corrected chi connectivity index (χ0v) is 14.8. The SMILES string of the molecule is Cc1cccc([C@@H]2CCCN2C(=O)C23CC4CC(CC(C4)C2)C3)c1. The molecule has 0 aromatic heterocycles. The molecule has 1 aromatic carbocycles. The van der Waals surface area contributed by atoms with E-state index in [0.29, 0.717) is 11.9 Å². The van der Waals surface area contributed by atoms with E-state index in [1.165, 1.54) is 49.7 Å². The van der Waals surface area contributed by atoms with Gasteiger partial charge in [0.25, 0.3) is 0 Å². The summed E-state index contributed by atoms with van der Waals surface area (Å²) in [6.07, 6.45) is 10.1. The minimum absolute atomic E-state index is 0.0150. The molecule has 128 valence electrons. The van der Waals surface area contributed by atoms with E-state index in [4.69, 9.17) is 0 Å². The molecule has 5 fully saturated rings. The first kappa shape index (κ1) is 15.0. The van der Waals surface area contributed by atoms with E-state index in [0.717, 1.165) is 37.1 Å². The van der Waals surface area contributed by atoms with Crippen LogP contribution in [0.2, 0.25) is 0 Å². The maximum atomic E-state index is 13.7. The molecular formula is C22H29NO. The number of hydrogen-bond acceptors (Lipinski definition) is 1. The van der Waals surface area contributed by atoms with E-state index in [1.807, 2.05) is 0 Å². The second-order valence-corrected chi connectivity index (χ2v) is 9.27. The third kappa shape index (κ3) is 2.25. The molecule has 4 bridgehead atoms. The summed E-state index contributed by atoms with van der Waals surface area (Å²) in [5, 5.41) is 0. The van der Waals surface area contributed by atoms with Crippen LogP contribution in [-0.4, -0.2) is 17.4 Å². The van der Waals surface area contributed by atoms with Gasteiger partial charge in [-0.15, -0.1) is 0 Å². The molecule has 1 saturated heterocycles. The highest BCUT2D eigenvalue weighted by molar-refractivity contribution is 5.84. The average molecular weight is 323 g/mol. The Kier molecular flexibility index (Phi) is 3.34. The molecule has 2 heteroatoms. The van der Waals surface area contributed by atoms with Crippen molar-refractivity contribution in [3.05, 3.63) is 35.4 Å². The number of hydrogen-bond donors (Lipinski definition) is 0. The van der Waals surface area contributed by atoms with Crippen LogP contribution in [0.4, 0.5) is 0 Å². The summed E-state index contributed by atoms with van der Waals surface area (Å²) in [4.78, 5) is 16.0. The number of carbonyl (C=O) groups excluding carboxylic acids is 1.